The van der Waals surface area contributed by atoms with E-state index in [4.69, 9.17) is 21.7 Å². The summed E-state index contributed by atoms with van der Waals surface area (Å²) < 4.78 is 0. The highest BCUT2D eigenvalue weighted by Crippen LogP contribution is 1.98. The Bertz CT molecular complexity index is 523. The molecule has 142 valence electrons. The van der Waals surface area contributed by atoms with Gasteiger partial charge in [-0.2, -0.15) is 0 Å². The molecule has 0 radical (unpaired) electrons. The van der Waals surface area contributed by atoms with Crippen LogP contribution in [0.1, 0.15) is 19.8 Å². The maximum atomic E-state index is 12.0. The van der Waals surface area contributed by atoms with Crippen LogP contribution >= 0.6 is 0 Å². The van der Waals surface area contributed by atoms with Crippen molar-refractivity contribution in [2.75, 3.05) is 13.2 Å². The van der Waals surface area contributed by atoms with Crippen molar-refractivity contribution >= 4 is 29.6 Å². The average Bonchev–Trinajstić information content (AvgIpc) is 2.53. The van der Waals surface area contributed by atoms with Crippen molar-refractivity contribution in [2.24, 2.45) is 11.5 Å². The Balaban J connectivity index is 4.68. The minimum atomic E-state index is -1.51. The molecule has 4 amide bonds. The highest BCUT2D eigenvalue weighted by Gasteiger charge is 2.24. The summed E-state index contributed by atoms with van der Waals surface area (Å²) >= 11 is 0. The Morgan fingerprint density at radius 1 is 1.04 bits per heavy atom. The van der Waals surface area contributed by atoms with Gasteiger partial charge in [-0.1, -0.05) is 0 Å². The van der Waals surface area contributed by atoms with Crippen molar-refractivity contribution in [3.63, 3.8) is 0 Å². The smallest absolute Gasteiger partial charge is 0.328 e. The van der Waals surface area contributed by atoms with Gasteiger partial charge in [-0.3, -0.25) is 19.2 Å². The second kappa shape index (κ2) is 10.9. The molecule has 25 heavy (non-hydrogen) atoms. The van der Waals surface area contributed by atoms with Crippen molar-refractivity contribution < 1.29 is 34.2 Å². The molecule has 12 heteroatoms. The van der Waals surface area contributed by atoms with Gasteiger partial charge in [0, 0.05) is 6.42 Å². The molecule has 0 aliphatic carbocycles. The van der Waals surface area contributed by atoms with Crippen LogP contribution in [0.25, 0.3) is 0 Å². The molecular formula is C13H23N5O7. The number of rotatable bonds is 11. The van der Waals surface area contributed by atoms with Gasteiger partial charge in [0.25, 0.3) is 0 Å². The Morgan fingerprint density at radius 2 is 1.64 bits per heavy atom. The molecule has 12 nitrogen and oxygen atoms in total. The molecule has 0 heterocycles. The summed E-state index contributed by atoms with van der Waals surface area (Å²) in [5, 5.41) is 24.0. The van der Waals surface area contributed by atoms with Crippen LogP contribution in [0.5, 0.6) is 0 Å². The largest absolute Gasteiger partial charge is 0.480 e. The second-order valence-corrected chi connectivity index (χ2v) is 5.21. The molecular weight excluding hydrogens is 338 g/mol. The van der Waals surface area contributed by atoms with E-state index in [1.54, 1.807) is 0 Å². The number of aliphatic hydroxyl groups excluding tert-OH is 1. The number of carbonyl (C=O) groups excluding carboxylic acids is 4. The Hall–Kier alpha value is -2.73. The first-order chi connectivity index (χ1) is 11.6. The molecule has 0 fully saturated rings. The maximum Gasteiger partial charge on any atom is 0.328 e. The van der Waals surface area contributed by atoms with Crippen molar-refractivity contribution in [2.45, 2.75) is 37.9 Å². The monoisotopic (exact) mass is 361 g/mol. The predicted molar refractivity (Wildman–Crippen MR) is 83.7 cm³/mol. The summed E-state index contributed by atoms with van der Waals surface area (Å²) in [6, 6.07) is -3.55. The molecule has 0 saturated carbocycles. The molecule has 0 aromatic carbocycles. The zero-order valence-corrected chi connectivity index (χ0v) is 13.7. The highest BCUT2D eigenvalue weighted by atomic mass is 16.4. The number of hydrogen-bond donors (Lipinski definition) is 7. The van der Waals surface area contributed by atoms with Crippen LogP contribution in [0.3, 0.4) is 0 Å². The number of carboxylic acid groups (broad SMARTS) is 1. The molecule has 0 bridgehead atoms. The van der Waals surface area contributed by atoms with Crippen LogP contribution in [0.4, 0.5) is 0 Å². The average molecular weight is 361 g/mol. The third-order valence-corrected chi connectivity index (χ3v) is 2.97. The number of carbonyl (C=O) groups is 5. The highest BCUT2D eigenvalue weighted by molar-refractivity contribution is 5.92. The van der Waals surface area contributed by atoms with E-state index >= 15 is 0 Å². The van der Waals surface area contributed by atoms with Crippen molar-refractivity contribution in [3.05, 3.63) is 0 Å². The molecule has 0 aliphatic heterocycles. The van der Waals surface area contributed by atoms with Crippen LogP contribution in [-0.2, 0) is 24.0 Å². The first-order valence-electron chi connectivity index (χ1n) is 7.33. The number of amides is 4. The van der Waals surface area contributed by atoms with Crippen LogP contribution in [-0.4, -0.2) is 71.1 Å². The predicted octanol–water partition coefficient (Wildman–Crippen LogP) is -4.24. The van der Waals surface area contributed by atoms with Crippen LogP contribution in [0, 0.1) is 0 Å². The number of primary amides is 1. The third kappa shape index (κ3) is 9.22. The second-order valence-electron chi connectivity index (χ2n) is 5.21. The Kier molecular flexibility index (Phi) is 9.74. The lowest BCUT2D eigenvalue weighted by molar-refractivity contribution is -0.142. The fourth-order valence-electron chi connectivity index (χ4n) is 1.58. The summed E-state index contributed by atoms with van der Waals surface area (Å²) in [5.41, 5.74) is 10.4. The minimum absolute atomic E-state index is 0.102. The zero-order valence-electron chi connectivity index (χ0n) is 13.7. The zero-order chi connectivity index (χ0) is 19.6. The normalized spacial score (nSPS) is 13.9. The summed E-state index contributed by atoms with van der Waals surface area (Å²) in [6.07, 6.45) is -0.287. The van der Waals surface area contributed by atoms with Crippen molar-refractivity contribution in [1.29, 1.82) is 0 Å². The van der Waals surface area contributed by atoms with Gasteiger partial charge < -0.3 is 37.6 Å². The van der Waals surface area contributed by atoms with Crippen molar-refractivity contribution in [3.8, 4) is 0 Å². The summed E-state index contributed by atoms with van der Waals surface area (Å²) in [6.45, 7) is -0.0167. The lowest BCUT2D eigenvalue weighted by atomic mass is 10.1. The van der Waals surface area contributed by atoms with Crippen LogP contribution in [0.15, 0.2) is 0 Å². The van der Waals surface area contributed by atoms with Gasteiger partial charge in [-0.25, -0.2) is 4.79 Å². The molecule has 0 rings (SSSR count). The third-order valence-electron chi connectivity index (χ3n) is 2.97. The first kappa shape index (κ1) is 22.3. The van der Waals surface area contributed by atoms with E-state index in [2.05, 4.69) is 10.6 Å². The lowest BCUT2D eigenvalue weighted by Gasteiger charge is -2.19. The molecule has 0 aliphatic rings. The molecule has 3 atom stereocenters. The van der Waals surface area contributed by atoms with Gasteiger partial charge in [-0.05, 0) is 13.3 Å². The minimum Gasteiger partial charge on any atom is -0.480 e. The van der Waals surface area contributed by atoms with Gasteiger partial charge in [0.2, 0.25) is 23.6 Å². The summed E-state index contributed by atoms with van der Waals surface area (Å²) in [4.78, 5) is 56.7. The number of aliphatic carboxylic acids is 1. The maximum absolute atomic E-state index is 12.0. The number of nitrogens with two attached hydrogens (primary N) is 2. The van der Waals surface area contributed by atoms with E-state index in [0.29, 0.717) is 0 Å². The van der Waals surface area contributed by atoms with E-state index in [0.717, 1.165) is 0 Å². The Morgan fingerprint density at radius 3 is 2.08 bits per heavy atom. The van der Waals surface area contributed by atoms with E-state index in [1.165, 1.54) is 6.92 Å². The standard InChI is InChI=1S/C13H23N5O7/c1-6(14)11(22)18-7(2-3-9(15)20)12(23)16-4-10(21)17-8(5-19)13(24)25/h6-8,19H,2-5,14H2,1H3,(H2,15,20)(H,16,23)(H,17,21)(H,18,22)(H,24,25). The topological polar surface area (TPSA) is 214 Å². The van der Waals surface area contributed by atoms with E-state index < -0.39 is 60.9 Å². The van der Waals surface area contributed by atoms with E-state index in [9.17, 15) is 24.0 Å². The van der Waals surface area contributed by atoms with E-state index in [1.807, 2.05) is 5.32 Å². The number of nitrogens with one attached hydrogen (secondary N) is 3. The van der Waals surface area contributed by atoms with Gasteiger partial charge in [0.15, 0.2) is 0 Å². The van der Waals surface area contributed by atoms with Gasteiger partial charge in [0.05, 0.1) is 19.2 Å². The SMILES string of the molecule is CC(N)C(=O)NC(CCC(N)=O)C(=O)NCC(=O)NC(CO)C(=O)O. The van der Waals surface area contributed by atoms with Crippen LogP contribution < -0.4 is 27.4 Å². The Labute approximate surface area is 143 Å². The molecule has 0 saturated heterocycles. The molecule has 0 aromatic heterocycles. The van der Waals surface area contributed by atoms with Gasteiger partial charge in [-0.15, -0.1) is 0 Å². The quantitative estimate of drug-likeness (QED) is 0.191. The van der Waals surface area contributed by atoms with Crippen molar-refractivity contribution in [1.82, 2.24) is 16.0 Å². The fraction of sp³-hybridized carbons (Fsp3) is 0.615. The van der Waals surface area contributed by atoms with Gasteiger partial charge in [0.1, 0.15) is 12.1 Å². The van der Waals surface area contributed by atoms with E-state index in [-0.39, 0.29) is 12.8 Å². The first-order valence-corrected chi connectivity index (χ1v) is 7.33. The molecule has 3 unspecified atom stereocenters. The molecule has 0 aromatic rings. The fourth-order valence-corrected chi connectivity index (χ4v) is 1.58. The summed E-state index contributed by atoms with van der Waals surface area (Å²) in [5.74, 6) is -4.40. The molecule has 0 spiro atoms. The number of carboxylic acids is 1. The summed E-state index contributed by atoms with van der Waals surface area (Å²) in [7, 11) is 0. The lowest BCUT2D eigenvalue weighted by Crippen LogP contribution is -2.53. The number of aliphatic hydroxyl groups is 1. The van der Waals surface area contributed by atoms with Crippen LogP contribution in [0.2, 0.25) is 0 Å². The van der Waals surface area contributed by atoms with Gasteiger partial charge >= 0.3 is 5.97 Å². The number of hydrogen-bond acceptors (Lipinski definition) is 7. The molecule has 9 N–H and O–H groups in total.